The number of carbonyl (C=O) groups excluding carboxylic acids is 4. The van der Waals surface area contributed by atoms with Crippen molar-refractivity contribution >= 4 is 66.7 Å². The Labute approximate surface area is 223 Å². The van der Waals surface area contributed by atoms with E-state index in [-0.39, 0.29) is 25.0 Å². The Morgan fingerprint density at radius 3 is 1.26 bits per heavy atom. The van der Waals surface area contributed by atoms with Gasteiger partial charge in [0.05, 0.1) is 13.2 Å². The maximum atomic E-state index is 13.5. The van der Waals surface area contributed by atoms with E-state index in [0.29, 0.717) is 46.0 Å². The first-order valence-electron chi connectivity index (χ1n) is 13.0. The molecule has 0 saturated heterocycles. The minimum atomic E-state index is -0.424. The molecule has 2 aliphatic rings. The van der Waals surface area contributed by atoms with Crippen LogP contribution in [-0.2, 0) is 0 Å². The van der Waals surface area contributed by atoms with Gasteiger partial charge < -0.3 is 10.0 Å². The number of benzene rings is 5. The lowest BCUT2D eigenvalue weighted by molar-refractivity contribution is 0.0574. The summed E-state index contributed by atoms with van der Waals surface area (Å²) in [6.07, 6.45) is 0.687. The Morgan fingerprint density at radius 2 is 0.923 bits per heavy atom. The molecule has 4 amide bonds. The van der Waals surface area contributed by atoms with Crippen LogP contribution < -0.4 is 0 Å². The second-order valence-electron chi connectivity index (χ2n) is 10.5. The van der Waals surface area contributed by atoms with Crippen LogP contribution in [0.25, 0.3) is 43.1 Å². The van der Waals surface area contributed by atoms with Crippen LogP contribution in [0, 0.1) is 0 Å². The predicted octanol–water partition coefficient (Wildman–Crippen LogP) is 3.87. The molecule has 0 aromatic heterocycles. The lowest BCUT2D eigenvalue weighted by atomic mass is 9.82. The second-order valence-corrected chi connectivity index (χ2v) is 10.5. The van der Waals surface area contributed by atoms with Crippen molar-refractivity contribution in [3.05, 3.63) is 70.8 Å². The topological polar surface area (TPSA) is 98.2 Å². The molecule has 5 aromatic rings. The summed E-state index contributed by atoms with van der Waals surface area (Å²) in [7, 11) is 3.92. The molecule has 39 heavy (non-hydrogen) atoms. The molecule has 1 N–H and O–H groups in total. The molecule has 0 unspecified atom stereocenters. The molecule has 2 aliphatic heterocycles. The van der Waals surface area contributed by atoms with E-state index in [4.69, 9.17) is 0 Å². The number of amides is 4. The molecule has 194 valence electrons. The summed E-state index contributed by atoms with van der Waals surface area (Å²) in [5.74, 6) is -1.42. The van der Waals surface area contributed by atoms with E-state index in [1.54, 1.807) is 24.3 Å². The summed E-state index contributed by atoms with van der Waals surface area (Å²) in [6.45, 7) is 0.745. The highest BCUT2D eigenvalue weighted by Gasteiger charge is 2.36. The van der Waals surface area contributed by atoms with Gasteiger partial charge >= 0.3 is 0 Å². The molecule has 0 fully saturated rings. The van der Waals surface area contributed by atoms with Crippen LogP contribution in [0.1, 0.15) is 47.9 Å². The van der Waals surface area contributed by atoms with Gasteiger partial charge in [-0.15, -0.1) is 0 Å². The van der Waals surface area contributed by atoms with Crippen molar-refractivity contribution in [3.8, 4) is 0 Å². The van der Waals surface area contributed by atoms with E-state index in [0.717, 1.165) is 43.8 Å². The number of imide groups is 2. The third kappa shape index (κ3) is 3.07. The van der Waals surface area contributed by atoms with Crippen LogP contribution in [-0.4, -0.2) is 83.8 Å². The fourth-order valence-electron chi connectivity index (χ4n) is 6.42. The van der Waals surface area contributed by atoms with E-state index in [1.165, 1.54) is 4.90 Å². The molecule has 0 saturated carbocycles. The number of β-amino-alcohol motifs (C(OH)–C–C–N with tert-alkyl or cyclic N) is 1. The lowest BCUT2D eigenvalue weighted by Gasteiger charge is -2.30. The van der Waals surface area contributed by atoms with Gasteiger partial charge in [0.1, 0.15) is 0 Å². The monoisotopic (exact) mass is 519 g/mol. The van der Waals surface area contributed by atoms with Crippen molar-refractivity contribution in [1.82, 2.24) is 14.7 Å². The normalized spacial score (nSPS) is 15.4. The second kappa shape index (κ2) is 8.30. The van der Waals surface area contributed by atoms with E-state index in [9.17, 15) is 24.3 Å². The van der Waals surface area contributed by atoms with Gasteiger partial charge in [-0.2, -0.15) is 0 Å². The first kappa shape index (κ1) is 23.7. The summed E-state index contributed by atoms with van der Waals surface area (Å²) in [4.78, 5) is 58.0. The number of fused-ring (bicyclic) bond motifs is 2. The molecule has 5 aromatic carbocycles. The molecule has 0 radical (unpaired) electrons. The van der Waals surface area contributed by atoms with E-state index in [2.05, 4.69) is 0 Å². The number of nitrogens with zero attached hydrogens (tertiary/aromatic N) is 3. The smallest absolute Gasteiger partial charge is 0.261 e. The minimum Gasteiger partial charge on any atom is -0.395 e. The lowest BCUT2D eigenvalue weighted by Crippen LogP contribution is -2.42. The Balaban J connectivity index is 1.50. The quantitative estimate of drug-likeness (QED) is 0.208. The van der Waals surface area contributed by atoms with Crippen LogP contribution in [0.15, 0.2) is 48.5 Å². The van der Waals surface area contributed by atoms with Crippen LogP contribution >= 0.6 is 0 Å². The maximum Gasteiger partial charge on any atom is 0.261 e. The molecular formula is C31H25N3O5. The van der Waals surface area contributed by atoms with Crippen molar-refractivity contribution < 1.29 is 24.3 Å². The van der Waals surface area contributed by atoms with Gasteiger partial charge in [-0.05, 0) is 83.6 Å². The molecular weight excluding hydrogens is 494 g/mol. The van der Waals surface area contributed by atoms with Crippen molar-refractivity contribution in [2.24, 2.45) is 0 Å². The highest BCUT2D eigenvalue weighted by Crippen LogP contribution is 2.46. The zero-order valence-electron chi connectivity index (χ0n) is 21.6. The van der Waals surface area contributed by atoms with Gasteiger partial charge in [-0.3, -0.25) is 29.0 Å². The number of carbonyl (C=O) groups is 4. The first-order valence-corrected chi connectivity index (χ1v) is 13.0. The number of hydrogen-bond donors (Lipinski definition) is 1. The van der Waals surface area contributed by atoms with Crippen molar-refractivity contribution in [2.45, 2.75) is 6.42 Å². The third-order valence-corrected chi connectivity index (χ3v) is 8.11. The first-order chi connectivity index (χ1) is 18.8. The minimum absolute atomic E-state index is 0.0655. The fourth-order valence-corrected chi connectivity index (χ4v) is 6.42. The van der Waals surface area contributed by atoms with Gasteiger partial charge in [-0.1, -0.05) is 24.3 Å². The molecule has 8 nitrogen and oxygen atoms in total. The standard InChI is InChI=1S/C31H25N3O5/c1-32(2)12-3-13-33-28(36)20-8-4-16-18-6-10-22-27-23(31(39)34(14-15-35)30(22)38)11-7-19(25(18)27)17-5-9-21(29(33)37)26(20)24(16)17/h4-11,35H,3,12-15H2,1-2H3. The zero-order valence-corrected chi connectivity index (χ0v) is 21.6. The van der Waals surface area contributed by atoms with Crippen LogP contribution in [0.2, 0.25) is 0 Å². The Morgan fingerprint density at radius 1 is 0.564 bits per heavy atom. The van der Waals surface area contributed by atoms with Gasteiger partial charge in [-0.25, -0.2) is 0 Å². The molecule has 2 heterocycles. The largest absolute Gasteiger partial charge is 0.395 e. The van der Waals surface area contributed by atoms with E-state index < -0.39 is 11.8 Å². The van der Waals surface area contributed by atoms with Gasteiger partial charge in [0.25, 0.3) is 23.6 Å². The summed E-state index contributed by atoms with van der Waals surface area (Å²) in [6, 6.07) is 14.6. The number of rotatable bonds is 6. The Kier molecular flexibility index (Phi) is 5.04. The number of hydrogen-bond acceptors (Lipinski definition) is 6. The molecule has 8 heteroatoms. The summed E-state index contributed by atoms with van der Waals surface area (Å²) >= 11 is 0. The average Bonchev–Trinajstić information content (AvgIpc) is 2.93. The van der Waals surface area contributed by atoms with Gasteiger partial charge in [0.15, 0.2) is 0 Å². The highest BCUT2D eigenvalue weighted by molar-refractivity contribution is 6.41. The van der Waals surface area contributed by atoms with Crippen LogP contribution in [0.3, 0.4) is 0 Å². The van der Waals surface area contributed by atoms with E-state index >= 15 is 0 Å². The maximum absolute atomic E-state index is 13.5. The molecule has 7 rings (SSSR count). The fraction of sp³-hybridized carbons (Fsp3) is 0.226. The number of aliphatic hydroxyl groups is 1. The molecule has 0 spiro atoms. The summed E-state index contributed by atoms with van der Waals surface area (Å²) in [5.41, 5.74) is 1.86. The average molecular weight is 520 g/mol. The zero-order chi connectivity index (χ0) is 27.2. The highest BCUT2D eigenvalue weighted by atomic mass is 16.3. The summed E-state index contributed by atoms with van der Waals surface area (Å²) in [5, 5.41) is 15.8. The molecule has 0 bridgehead atoms. The van der Waals surface area contributed by atoms with Crippen molar-refractivity contribution in [3.63, 3.8) is 0 Å². The Hall–Kier alpha value is -4.40. The summed E-state index contributed by atoms with van der Waals surface area (Å²) < 4.78 is 0. The van der Waals surface area contributed by atoms with Crippen molar-refractivity contribution in [2.75, 3.05) is 40.3 Å². The Bertz CT molecular complexity index is 1810. The molecule has 0 atom stereocenters. The predicted molar refractivity (Wildman–Crippen MR) is 149 cm³/mol. The van der Waals surface area contributed by atoms with Gasteiger partial charge in [0, 0.05) is 39.6 Å². The van der Waals surface area contributed by atoms with Gasteiger partial charge in [0.2, 0.25) is 0 Å². The SMILES string of the molecule is CN(C)CCCN1C(=O)c2ccc3c4ccc5c6c(ccc(c7ccc(c2c37)C1=O)c64)C(=O)N(CCO)C5=O. The molecule has 0 aliphatic carbocycles. The number of aliphatic hydroxyl groups excluding tert-OH is 1. The van der Waals surface area contributed by atoms with E-state index in [1.807, 2.05) is 43.3 Å². The third-order valence-electron chi connectivity index (χ3n) is 8.11. The van der Waals surface area contributed by atoms with Crippen LogP contribution in [0.4, 0.5) is 0 Å². The van der Waals surface area contributed by atoms with Crippen LogP contribution in [0.5, 0.6) is 0 Å². The van der Waals surface area contributed by atoms with Crippen molar-refractivity contribution in [1.29, 1.82) is 0 Å².